The summed E-state index contributed by atoms with van der Waals surface area (Å²) >= 11 is 4.52. The Morgan fingerprint density at radius 3 is 3.05 bits per heavy atom. The molecule has 0 bridgehead atoms. The number of nitrogens with zero attached hydrogens (tertiary/aromatic N) is 1. The molecule has 20 heavy (non-hydrogen) atoms. The molecule has 0 saturated carbocycles. The summed E-state index contributed by atoms with van der Waals surface area (Å²) < 4.78 is 19.4. The first-order chi connectivity index (χ1) is 9.60. The Balaban J connectivity index is 2.22. The van der Waals surface area contributed by atoms with Crippen molar-refractivity contribution in [3.05, 3.63) is 33.4 Å². The van der Waals surface area contributed by atoms with Crippen LogP contribution in [-0.4, -0.2) is 17.5 Å². The van der Waals surface area contributed by atoms with Gasteiger partial charge in [0.25, 0.3) is 5.91 Å². The average Bonchev–Trinajstić information content (AvgIpc) is 2.77. The molecule has 2 N–H and O–H groups in total. The zero-order valence-electron chi connectivity index (χ0n) is 10.3. The van der Waals surface area contributed by atoms with E-state index in [9.17, 15) is 9.18 Å². The van der Waals surface area contributed by atoms with Crippen molar-refractivity contribution in [2.75, 3.05) is 6.61 Å². The number of amides is 1. The molecular weight excluding hydrogens is 347 g/mol. The summed E-state index contributed by atoms with van der Waals surface area (Å²) in [5, 5.41) is 0.668. The third kappa shape index (κ3) is 2.20. The number of fused-ring (bicyclic) bond motifs is 3. The number of ether oxygens (including phenoxy) is 1. The molecule has 0 unspecified atom stereocenters. The number of hydrogen-bond acceptors (Lipinski definition) is 4. The highest BCUT2D eigenvalue weighted by Gasteiger charge is 2.23. The van der Waals surface area contributed by atoms with E-state index < -0.39 is 5.91 Å². The molecule has 2 aromatic rings. The van der Waals surface area contributed by atoms with Crippen LogP contribution in [0.1, 0.15) is 20.2 Å². The molecule has 0 aliphatic carbocycles. The van der Waals surface area contributed by atoms with Crippen LogP contribution in [0.5, 0.6) is 5.75 Å². The molecule has 0 radical (unpaired) electrons. The Morgan fingerprint density at radius 1 is 1.55 bits per heavy atom. The molecule has 1 aliphatic heterocycles. The summed E-state index contributed by atoms with van der Waals surface area (Å²) in [6.45, 7) is 0.424. The zero-order valence-corrected chi connectivity index (χ0v) is 12.7. The molecule has 1 amide bonds. The number of nitrogens with two attached hydrogens (primary N) is 1. The molecule has 7 heteroatoms. The highest BCUT2D eigenvalue weighted by atomic mass is 79.9. The number of benzene rings is 1. The lowest BCUT2D eigenvalue weighted by atomic mass is 10.1. The lowest BCUT2D eigenvalue weighted by Gasteiger charge is -2.09. The van der Waals surface area contributed by atoms with E-state index in [1.165, 1.54) is 17.4 Å². The smallest absolute Gasteiger partial charge is 0.277 e. The van der Waals surface area contributed by atoms with Crippen LogP contribution < -0.4 is 10.5 Å². The molecule has 1 aromatic carbocycles. The molecule has 4 nitrogen and oxygen atoms in total. The van der Waals surface area contributed by atoms with Gasteiger partial charge in [-0.2, -0.15) is 0 Å². The van der Waals surface area contributed by atoms with Crippen LogP contribution in [-0.2, 0) is 11.8 Å². The van der Waals surface area contributed by atoms with Gasteiger partial charge in [-0.15, -0.1) is 11.3 Å². The van der Waals surface area contributed by atoms with E-state index in [-0.39, 0.29) is 10.8 Å². The third-order valence-corrected chi connectivity index (χ3v) is 4.78. The maximum atomic E-state index is 13.8. The minimum atomic E-state index is -0.548. The van der Waals surface area contributed by atoms with Gasteiger partial charge in [0.15, 0.2) is 5.01 Å². The van der Waals surface area contributed by atoms with Crippen molar-refractivity contribution < 1.29 is 13.9 Å². The lowest BCUT2D eigenvalue weighted by Crippen LogP contribution is -2.10. The topological polar surface area (TPSA) is 65.2 Å². The molecule has 2 heterocycles. The quantitative estimate of drug-likeness (QED) is 0.841. The first-order valence-electron chi connectivity index (χ1n) is 5.91. The van der Waals surface area contributed by atoms with Crippen LogP contribution in [0, 0.1) is 5.82 Å². The second-order valence-corrected chi connectivity index (χ2v) is 5.97. The molecule has 104 valence electrons. The van der Waals surface area contributed by atoms with Crippen LogP contribution in [0.25, 0.3) is 11.3 Å². The molecule has 3 rings (SSSR count). The van der Waals surface area contributed by atoms with Crippen molar-refractivity contribution >= 4 is 33.2 Å². The molecule has 1 aliphatic rings. The van der Waals surface area contributed by atoms with E-state index in [1.54, 1.807) is 6.07 Å². The van der Waals surface area contributed by atoms with Crippen molar-refractivity contribution in [1.29, 1.82) is 0 Å². The number of hydrogen-bond donors (Lipinski definition) is 1. The SMILES string of the molecule is NC(=O)c1nc2c(s1)CCOc1cc(F)c(CBr)cc1-2. The van der Waals surface area contributed by atoms with Crippen LogP contribution in [0.4, 0.5) is 4.39 Å². The van der Waals surface area contributed by atoms with Gasteiger partial charge < -0.3 is 10.5 Å². The van der Waals surface area contributed by atoms with Gasteiger partial charge in [0.05, 0.1) is 12.3 Å². The van der Waals surface area contributed by atoms with Gasteiger partial charge in [-0.3, -0.25) is 4.79 Å². The minimum absolute atomic E-state index is 0.271. The molecule has 0 saturated heterocycles. The molecule has 1 aromatic heterocycles. The number of halogens is 2. The maximum Gasteiger partial charge on any atom is 0.277 e. The van der Waals surface area contributed by atoms with E-state index in [0.29, 0.717) is 40.9 Å². The summed E-state index contributed by atoms with van der Waals surface area (Å²) in [6.07, 6.45) is 0.625. The molecule has 0 atom stereocenters. The fraction of sp³-hybridized carbons (Fsp3) is 0.231. The normalized spacial score (nSPS) is 13.1. The van der Waals surface area contributed by atoms with Crippen LogP contribution in [0.3, 0.4) is 0 Å². The predicted molar refractivity (Wildman–Crippen MR) is 77.9 cm³/mol. The molecule has 0 fully saturated rings. The number of carbonyl (C=O) groups is 1. The van der Waals surface area contributed by atoms with Gasteiger partial charge in [0.2, 0.25) is 0 Å². The zero-order chi connectivity index (χ0) is 14.3. The van der Waals surface area contributed by atoms with E-state index >= 15 is 0 Å². The van der Waals surface area contributed by atoms with Crippen LogP contribution >= 0.6 is 27.3 Å². The van der Waals surface area contributed by atoms with Gasteiger partial charge in [0.1, 0.15) is 11.6 Å². The van der Waals surface area contributed by atoms with Crippen molar-refractivity contribution in [2.45, 2.75) is 11.8 Å². The fourth-order valence-electron chi connectivity index (χ4n) is 2.10. The largest absolute Gasteiger partial charge is 0.492 e. The van der Waals surface area contributed by atoms with E-state index in [2.05, 4.69) is 20.9 Å². The molecule has 0 spiro atoms. The summed E-state index contributed by atoms with van der Waals surface area (Å²) in [5.41, 5.74) is 7.17. The van der Waals surface area contributed by atoms with Gasteiger partial charge >= 0.3 is 0 Å². The number of thiazole rings is 1. The second-order valence-electron chi connectivity index (χ2n) is 4.33. The highest BCUT2D eigenvalue weighted by Crippen LogP contribution is 2.39. The van der Waals surface area contributed by atoms with Gasteiger partial charge in [0, 0.05) is 28.3 Å². The Morgan fingerprint density at radius 2 is 2.35 bits per heavy atom. The maximum absolute atomic E-state index is 13.8. The predicted octanol–water partition coefficient (Wildman–Crippen LogP) is 2.88. The number of rotatable bonds is 2. The van der Waals surface area contributed by atoms with Crippen LogP contribution in [0.2, 0.25) is 0 Å². The Labute approximate surface area is 126 Å². The average molecular weight is 357 g/mol. The first kappa shape index (κ1) is 13.5. The summed E-state index contributed by atoms with van der Waals surface area (Å²) in [4.78, 5) is 16.5. The van der Waals surface area contributed by atoms with Gasteiger partial charge in [-0.1, -0.05) is 15.9 Å². The van der Waals surface area contributed by atoms with E-state index in [4.69, 9.17) is 10.5 Å². The van der Waals surface area contributed by atoms with E-state index in [0.717, 1.165) is 4.88 Å². The summed E-state index contributed by atoms with van der Waals surface area (Å²) in [6, 6.07) is 3.07. The molecular formula is C13H10BrFN2O2S. The summed E-state index contributed by atoms with van der Waals surface area (Å²) in [7, 11) is 0. The van der Waals surface area contributed by atoms with Gasteiger partial charge in [-0.25, -0.2) is 9.37 Å². The lowest BCUT2D eigenvalue weighted by molar-refractivity contribution is 0.1000. The van der Waals surface area contributed by atoms with Crippen molar-refractivity contribution in [3.8, 4) is 17.0 Å². The third-order valence-electron chi connectivity index (χ3n) is 3.04. The highest BCUT2D eigenvalue weighted by molar-refractivity contribution is 9.08. The van der Waals surface area contributed by atoms with Crippen molar-refractivity contribution in [3.63, 3.8) is 0 Å². The number of aromatic nitrogens is 1. The van der Waals surface area contributed by atoms with Crippen molar-refractivity contribution in [2.24, 2.45) is 5.73 Å². The fourth-order valence-corrected chi connectivity index (χ4v) is 3.44. The number of alkyl halides is 1. The van der Waals surface area contributed by atoms with Gasteiger partial charge in [-0.05, 0) is 11.6 Å². The Bertz CT molecular complexity index is 702. The Kier molecular flexibility index (Phi) is 3.47. The van der Waals surface area contributed by atoms with Crippen molar-refractivity contribution in [1.82, 2.24) is 4.98 Å². The van der Waals surface area contributed by atoms with Crippen LogP contribution in [0.15, 0.2) is 12.1 Å². The number of primary amides is 1. The number of carbonyl (C=O) groups excluding carboxylic acids is 1. The van der Waals surface area contributed by atoms with E-state index in [1.807, 2.05) is 0 Å². The second kappa shape index (κ2) is 5.14. The minimum Gasteiger partial charge on any atom is -0.492 e. The summed E-state index contributed by atoms with van der Waals surface area (Å²) in [5.74, 6) is -0.421. The first-order valence-corrected chi connectivity index (χ1v) is 7.85. The monoisotopic (exact) mass is 356 g/mol. The standard InChI is InChI=1S/C13H10BrFN2O2S/c14-5-6-3-7-9(4-8(6)15)19-2-1-10-11(7)17-13(20-10)12(16)18/h3-4H,1-2,5H2,(H2,16,18). The Hall–Kier alpha value is -1.47.